The second-order valence-corrected chi connectivity index (χ2v) is 7.23. The number of aryl methyl sites for hydroxylation is 1. The van der Waals surface area contributed by atoms with Gasteiger partial charge in [0.1, 0.15) is 11.5 Å². The second-order valence-electron chi connectivity index (χ2n) is 7.23. The number of aromatic nitrogens is 4. The van der Waals surface area contributed by atoms with Gasteiger partial charge in [0.2, 0.25) is 0 Å². The lowest BCUT2D eigenvalue weighted by Gasteiger charge is -2.41. The topological polar surface area (TPSA) is 66.8 Å². The first-order valence-electron chi connectivity index (χ1n) is 9.53. The van der Waals surface area contributed by atoms with Crippen LogP contribution in [0.5, 0.6) is 0 Å². The van der Waals surface area contributed by atoms with Crippen molar-refractivity contribution < 1.29 is 4.79 Å². The number of hydrogen-bond acceptors (Lipinski definition) is 3. The Labute approximate surface area is 162 Å². The van der Waals surface area contributed by atoms with Crippen molar-refractivity contribution in [2.75, 3.05) is 6.54 Å². The van der Waals surface area contributed by atoms with Gasteiger partial charge in [0, 0.05) is 6.54 Å². The predicted molar refractivity (Wildman–Crippen MR) is 107 cm³/mol. The Kier molecular flexibility index (Phi) is 3.97. The standard InChI is InChI=1S/C22H21N5O/c1-15-23-18-9-5-6-10-21(18)27(15)14-17-13-19(25-24-17)22(28)26-12-11-20(26)16-7-3-2-4-8-16/h2-10,13,20H,11-12,14H2,1H3,(H,24,25)/t20-/m1/s1. The fourth-order valence-electron chi connectivity index (χ4n) is 3.92. The van der Waals surface area contributed by atoms with Crippen molar-refractivity contribution in [3.63, 3.8) is 0 Å². The van der Waals surface area contributed by atoms with Crippen LogP contribution in [-0.4, -0.2) is 37.1 Å². The molecule has 0 bridgehead atoms. The normalized spacial score (nSPS) is 16.3. The first-order chi connectivity index (χ1) is 13.7. The van der Waals surface area contributed by atoms with Crippen molar-refractivity contribution in [1.29, 1.82) is 0 Å². The minimum atomic E-state index is -0.0187. The van der Waals surface area contributed by atoms with E-state index in [0.29, 0.717) is 12.2 Å². The summed E-state index contributed by atoms with van der Waals surface area (Å²) >= 11 is 0. The average molecular weight is 371 g/mol. The maximum atomic E-state index is 12.9. The van der Waals surface area contributed by atoms with Crippen LogP contribution in [0, 0.1) is 6.92 Å². The number of aromatic amines is 1. The third-order valence-electron chi connectivity index (χ3n) is 5.49. The molecule has 2 aromatic heterocycles. The summed E-state index contributed by atoms with van der Waals surface area (Å²) in [4.78, 5) is 19.4. The molecule has 5 rings (SSSR count). The van der Waals surface area contributed by atoms with Gasteiger partial charge >= 0.3 is 0 Å². The van der Waals surface area contributed by atoms with Crippen LogP contribution in [-0.2, 0) is 6.54 Å². The van der Waals surface area contributed by atoms with Crippen molar-refractivity contribution in [3.8, 4) is 0 Å². The van der Waals surface area contributed by atoms with E-state index in [1.807, 2.05) is 54.3 Å². The zero-order valence-electron chi connectivity index (χ0n) is 15.7. The molecule has 140 valence electrons. The number of fused-ring (bicyclic) bond motifs is 1. The number of para-hydroxylation sites is 2. The number of amides is 1. The molecule has 0 aliphatic carbocycles. The van der Waals surface area contributed by atoms with Crippen molar-refractivity contribution in [2.45, 2.75) is 25.9 Å². The molecule has 2 aromatic carbocycles. The van der Waals surface area contributed by atoms with Gasteiger partial charge in [0.25, 0.3) is 5.91 Å². The molecule has 6 heteroatoms. The van der Waals surface area contributed by atoms with Gasteiger partial charge in [-0.3, -0.25) is 9.89 Å². The van der Waals surface area contributed by atoms with Gasteiger partial charge < -0.3 is 9.47 Å². The van der Waals surface area contributed by atoms with Crippen LogP contribution < -0.4 is 0 Å². The number of likely N-dealkylation sites (tertiary alicyclic amines) is 1. The molecule has 1 atom stereocenters. The molecule has 1 N–H and O–H groups in total. The van der Waals surface area contributed by atoms with Crippen LogP contribution in [0.3, 0.4) is 0 Å². The van der Waals surface area contributed by atoms with Crippen molar-refractivity contribution in [3.05, 3.63) is 83.4 Å². The zero-order chi connectivity index (χ0) is 19.1. The molecule has 1 aliphatic heterocycles. The van der Waals surface area contributed by atoms with E-state index in [1.165, 1.54) is 5.56 Å². The Morgan fingerprint density at radius 3 is 2.71 bits per heavy atom. The minimum Gasteiger partial charge on any atom is -0.330 e. The van der Waals surface area contributed by atoms with Gasteiger partial charge in [-0.15, -0.1) is 0 Å². The van der Waals surface area contributed by atoms with Crippen molar-refractivity contribution in [2.24, 2.45) is 0 Å². The third-order valence-corrected chi connectivity index (χ3v) is 5.49. The number of rotatable bonds is 4. The Balaban J connectivity index is 1.36. The molecule has 0 spiro atoms. The van der Waals surface area contributed by atoms with Crippen LogP contribution in [0.4, 0.5) is 0 Å². The molecule has 0 radical (unpaired) electrons. The van der Waals surface area contributed by atoms with E-state index >= 15 is 0 Å². The summed E-state index contributed by atoms with van der Waals surface area (Å²) in [6, 6.07) is 20.2. The van der Waals surface area contributed by atoms with E-state index in [9.17, 15) is 4.79 Å². The second kappa shape index (κ2) is 6.64. The molecule has 6 nitrogen and oxygen atoms in total. The first-order valence-corrected chi connectivity index (χ1v) is 9.53. The molecule has 1 saturated heterocycles. The molecular weight excluding hydrogens is 350 g/mol. The van der Waals surface area contributed by atoms with E-state index in [1.54, 1.807) is 0 Å². The van der Waals surface area contributed by atoms with Crippen LogP contribution in [0.2, 0.25) is 0 Å². The number of carbonyl (C=O) groups excluding carboxylic acids is 1. The maximum Gasteiger partial charge on any atom is 0.274 e. The van der Waals surface area contributed by atoms with Crippen LogP contribution in [0.25, 0.3) is 11.0 Å². The summed E-state index contributed by atoms with van der Waals surface area (Å²) in [6.07, 6.45) is 0.993. The molecule has 4 aromatic rings. The molecule has 1 aliphatic rings. The number of carbonyl (C=O) groups is 1. The van der Waals surface area contributed by atoms with Gasteiger partial charge in [-0.2, -0.15) is 5.10 Å². The summed E-state index contributed by atoms with van der Waals surface area (Å²) < 4.78 is 2.13. The molecule has 28 heavy (non-hydrogen) atoms. The third kappa shape index (κ3) is 2.78. The Morgan fingerprint density at radius 2 is 1.93 bits per heavy atom. The number of imidazole rings is 1. The lowest BCUT2D eigenvalue weighted by atomic mass is 9.94. The quantitative estimate of drug-likeness (QED) is 0.595. The predicted octanol–water partition coefficient (Wildman–Crippen LogP) is 3.70. The van der Waals surface area contributed by atoms with Crippen LogP contribution in [0.1, 0.15) is 40.0 Å². The molecule has 3 heterocycles. The highest BCUT2D eigenvalue weighted by molar-refractivity contribution is 5.93. The smallest absolute Gasteiger partial charge is 0.274 e. The van der Waals surface area contributed by atoms with Gasteiger partial charge in [-0.05, 0) is 37.1 Å². The van der Waals surface area contributed by atoms with E-state index in [4.69, 9.17) is 0 Å². The van der Waals surface area contributed by atoms with Crippen LogP contribution in [0.15, 0.2) is 60.7 Å². The maximum absolute atomic E-state index is 12.9. The number of H-pyrrole nitrogens is 1. The molecule has 1 fully saturated rings. The van der Waals surface area contributed by atoms with E-state index in [2.05, 4.69) is 37.9 Å². The monoisotopic (exact) mass is 371 g/mol. The van der Waals surface area contributed by atoms with Gasteiger partial charge in [0.05, 0.1) is 29.3 Å². The Hall–Kier alpha value is -3.41. The average Bonchev–Trinajstić information content (AvgIpc) is 3.27. The van der Waals surface area contributed by atoms with Crippen LogP contribution >= 0.6 is 0 Å². The Morgan fingerprint density at radius 1 is 1.14 bits per heavy atom. The summed E-state index contributed by atoms with van der Waals surface area (Å²) in [5, 5.41) is 7.32. The molecule has 0 unspecified atom stereocenters. The van der Waals surface area contributed by atoms with Crippen molar-refractivity contribution in [1.82, 2.24) is 24.6 Å². The Bertz CT molecular complexity index is 1140. The molecule has 1 amide bonds. The highest BCUT2D eigenvalue weighted by Crippen LogP contribution is 2.34. The highest BCUT2D eigenvalue weighted by atomic mass is 16.2. The number of benzene rings is 2. The zero-order valence-corrected chi connectivity index (χ0v) is 15.7. The summed E-state index contributed by atoms with van der Waals surface area (Å²) in [5.74, 6) is 0.922. The SMILES string of the molecule is Cc1nc2ccccc2n1Cc1cc(C(=O)N2CC[C@@H]2c2ccccc2)n[nH]1. The highest BCUT2D eigenvalue weighted by Gasteiger charge is 2.34. The first kappa shape index (κ1) is 16.7. The van der Waals surface area contributed by atoms with Gasteiger partial charge in [0.15, 0.2) is 0 Å². The van der Waals surface area contributed by atoms with Crippen molar-refractivity contribution >= 4 is 16.9 Å². The largest absolute Gasteiger partial charge is 0.330 e. The fourth-order valence-corrected chi connectivity index (χ4v) is 3.92. The lowest BCUT2D eigenvalue weighted by molar-refractivity contribution is 0.0454. The number of nitrogens with zero attached hydrogens (tertiary/aromatic N) is 4. The van der Waals surface area contributed by atoms with E-state index < -0.39 is 0 Å². The molecule has 0 saturated carbocycles. The van der Waals surface area contributed by atoms with E-state index in [-0.39, 0.29) is 11.9 Å². The summed E-state index contributed by atoms with van der Waals surface area (Å²) in [6.45, 7) is 3.37. The molecular formula is C22H21N5O. The van der Waals surface area contributed by atoms with Gasteiger partial charge in [-0.1, -0.05) is 42.5 Å². The van der Waals surface area contributed by atoms with E-state index in [0.717, 1.165) is 35.5 Å². The number of nitrogens with one attached hydrogen (secondary N) is 1. The van der Waals surface area contributed by atoms with Gasteiger partial charge in [-0.25, -0.2) is 4.98 Å². The minimum absolute atomic E-state index is 0.0187. The fraction of sp³-hybridized carbons (Fsp3) is 0.227. The summed E-state index contributed by atoms with van der Waals surface area (Å²) in [5.41, 5.74) is 4.60. The lowest BCUT2D eigenvalue weighted by Crippen LogP contribution is -2.45. The number of hydrogen-bond donors (Lipinski definition) is 1. The summed E-state index contributed by atoms with van der Waals surface area (Å²) in [7, 11) is 0.